The van der Waals surface area contributed by atoms with E-state index in [1.165, 1.54) is 0 Å². The van der Waals surface area contributed by atoms with Crippen molar-refractivity contribution in [2.45, 2.75) is 64.4 Å². The molecule has 0 N–H and O–H groups in total. The Labute approximate surface area is 145 Å². The number of hydrogen-bond acceptors (Lipinski definition) is 5. The number of aromatic nitrogens is 2. The van der Waals surface area contributed by atoms with Gasteiger partial charge in [0.1, 0.15) is 17.2 Å². The van der Waals surface area contributed by atoms with Crippen LogP contribution in [0.3, 0.4) is 0 Å². The number of ether oxygens (including phenoxy) is 2. The van der Waals surface area contributed by atoms with Crippen LogP contribution in [0.25, 0.3) is 0 Å². The van der Waals surface area contributed by atoms with Crippen molar-refractivity contribution in [3.05, 3.63) is 17.6 Å². The van der Waals surface area contributed by atoms with E-state index >= 15 is 0 Å². The van der Waals surface area contributed by atoms with Crippen LogP contribution in [0, 0.1) is 0 Å². The van der Waals surface area contributed by atoms with Crippen LogP contribution in [0.5, 0.6) is 0 Å². The summed E-state index contributed by atoms with van der Waals surface area (Å²) in [4.78, 5) is 12.1. The molecule has 1 unspecified atom stereocenters. The molecule has 134 valence electrons. The van der Waals surface area contributed by atoms with Crippen LogP contribution in [0.4, 0.5) is 5.82 Å². The van der Waals surface area contributed by atoms with Gasteiger partial charge in [-0.15, -0.1) is 0 Å². The third-order valence-electron chi connectivity index (χ3n) is 4.79. The van der Waals surface area contributed by atoms with Crippen molar-refractivity contribution in [1.29, 1.82) is 0 Å². The normalized spacial score (nSPS) is 25.5. The Bertz CT molecular complexity index is 563. The number of morpholine rings is 1. The lowest BCUT2D eigenvalue weighted by Crippen LogP contribution is -2.52. The van der Waals surface area contributed by atoms with Crippen molar-refractivity contribution in [3.8, 4) is 0 Å². The highest BCUT2D eigenvalue weighted by molar-refractivity contribution is 5.43. The average Bonchev–Trinajstić information content (AvgIpc) is 2.93. The minimum absolute atomic E-state index is 0.00185. The number of nitrogens with zero attached hydrogens (tertiary/aromatic N) is 3. The Balaban J connectivity index is 1.97. The van der Waals surface area contributed by atoms with Crippen molar-refractivity contribution in [2.24, 2.45) is 0 Å². The van der Waals surface area contributed by atoms with Crippen LogP contribution >= 0.6 is 0 Å². The Hall–Kier alpha value is -1.20. The van der Waals surface area contributed by atoms with Gasteiger partial charge in [0.25, 0.3) is 0 Å². The summed E-state index contributed by atoms with van der Waals surface area (Å²) < 4.78 is 11.7. The van der Waals surface area contributed by atoms with E-state index in [1.807, 2.05) is 0 Å². The molecule has 0 radical (unpaired) electrons. The average molecular weight is 333 g/mol. The fraction of sp³-hybridized carbons (Fsp3) is 0.789. The second-order valence-corrected chi connectivity index (χ2v) is 9.19. The summed E-state index contributed by atoms with van der Waals surface area (Å²) in [6, 6.07) is 2.16. The third-order valence-corrected chi connectivity index (χ3v) is 4.79. The SMILES string of the molecule is CC(C)(C)c1cc(N2CCOC3(CCOC3)C2)nc(C(C)(C)C)n1. The second kappa shape index (κ2) is 5.95. The highest BCUT2D eigenvalue weighted by Crippen LogP contribution is 2.32. The molecule has 3 rings (SSSR count). The molecule has 0 saturated carbocycles. The molecule has 24 heavy (non-hydrogen) atoms. The Morgan fingerprint density at radius 1 is 1.04 bits per heavy atom. The van der Waals surface area contributed by atoms with Gasteiger partial charge in [0.2, 0.25) is 0 Å². The van der Waals surface area contributed by atoms with Gasteiger partial charge in [-0.3, -0.25) is 0 Å². The van der Waals surface area contributed by atoms with Gasteiger partial charge in [0.05, 0.1) is 25.5 Å². The highest BCUT2D eigenvalue weighted by atomic mass is 16.6. The van der Waals surface area contributed by atoms with Crippen LogP contribution < -0.4 is 4.90 Å². The molecule has 3 heterocycles. The zero-order valence-electron chi connectivity index (χ0n) is 16.0. The van der Waals surface area contributed by atoms with Crippen molar-refractivity contribution in [2.75, 3.05) is 37.8 Å². The monoisotopic (exact) mass is 333 g/mol. The fourth-order valence-corrected chi connectivity index (χ4v) is 3.18. The molecule has 1 aromatic heterocycles. The summed E-state index contributed by atoms with van der Waals surface area (Å²) >= 11 is 0. The third kappa shape index (κ3) is 3.57. The van der Waals surface area contributed by atoms with E-state index in [0.717, 1.165) is 50.1 Å². The van der Waals surface area contributed by atoms with E-state index in [2.05, 4.69) is 52.5 Å². The number of hydrogen-bond donors (Lipinski definition) is 0. The van der Waals surface area contributed by atoms with E-state index in [4.69, 9.17) is 19.4 Å². The summed E-state index contributed by atoms with van der Waals surface area (Å²) in [6.45, 7) is 17.0. The lowest BCUT2D eigenvalue weighted by atomic mass is 9.90. The lowest BCUT2D eigenvalue weighted by Gasteiger charge is -2.40. The molecule has 0 bridgehead atoms. The topological polar surface area (TPSA) is 47.5 Å². The minimum Gasteiger partial charge on any atom is -0.378 e. The summed E-state index contributed by atoms with van der Waals surface area (Å²) in [5.74, 6) is 1.93. The van der Waals surface area contributed by atoms with E-state index in [0.29, 0.717) is 6.61 Å². The molecule has 2 aliphatic rings. The molecule has 2 fully saturated rings. The summed E-state index contributed by atoms with van der Waals surface area (Å²) in [5.41, 5.74) is 0.863. The molecular weight excluding hydrogens is 302 g/mol. The molecule has 0 amide bonds. The maximum absolute atomic E-state index is 6.06. The second-order valence-electron chi connectivity index (χ2n) is 9.19. The molecule has 0 aliphatic carbocycles. The Morgan fingerprint density at radius 3 is 2.38 bits per heavy atom. The molecule has 1 aromatic rings. The maximum Gasteiger partial charge on any atom is 0.136 e. The van der Waals surface area contributed by atoms with Crippen LogP contribution in [-0.4, -0.2) is 48.5 Å². The van der Waals surface area contributed by atoms with Crippen molar-refractivity contribution in [1.82, 2.24) is 9.97 Å². The molecule has 2 saturated heterocycles. The Morgan fingerprint density at radius 2 is 1.79 bits per heavy atom. The van der Waals surface area contributed by atoms with Crippen LogP contribution in [0.1, 0.15) is 59.5 Å². The first-order valence-electron chi connectivity index (χ1n) is 8.96. The molecule has 5 nitrogen and oxygen atoms in total. The molecule has 1 spiro atoms. The lowest BCUT2D eigenvalue weighted by molar-refractivity contribution is -0.0581. The zero-order chi connectivity index (χ0) is 17.6. The summed E-state index contributed by atoms with van der Waals surface area (Å²) in [7, 11) is 0. The van der Waals surface area contributed by atoms with Gasteiger partial charge >= 0.3 is 0 Å². The first-order chi connectivity index (χ1) is 11.1. The van der Waals surface area contributed by atoms with Gasteiger partial charge in [0, 0.05) is 36.5 Å². The van der Waals surface area contributed by atoms with Gasteiger partial charge in [-0.25, -0.2) is 9.97 Å². The summed E-state index contributed by atoms with van der Waals surface area (Å²) in [5, 5.41) is 0. The van der Waals surface area contributed by atoms with Gasteiger partial charge in [-0.1, -0.05) is 41.5 Å². The minimum atomic E-state index is -0.160. The van der Waals surface area contributed by atoms with Crippen molar-refractivity contribution in [3.63, 3.8) is 0 Å². The van der Waals surface area contributed by atoms with Gasteiger partial charge in [-0.2, -0.15) is 0 Å². The van der Waals surface area contributed by atoms with Crippen molar-refractivity contribution < 1.29 is 9.47 Å². The predicted octanol–water partition coefficient (Wildman–Crippen LogP) is 3.07. The fourth-order valence-electron chi connectivity index (χ4n) is 3.18. The number of anilines is 1. The molecule has 5 heteroatoms. The quantitative estimate of drug-likeness (QED) is 0.790. The number of rotatable bonds is 1. The van der Waals surface area contributed by atoms with E-state index < -0.39 is 0 Å². The summed E-state index contributed by atoms with van der Waals surface area (Å²) in [6.07, 6.45) is 0.965. The van der Waals surface area contributed by atoms with E-state index in [1.54, 1.807) is 0 Å². The van der Waals surface area contributed by atoms with Gasteiger partial charge in [0.15, 0.2) is 0 Å². The molecule has 1 atom stereocenters. The van der Waals surface area contributed by atoms with Crippen LogP contribution in [0.15, 0.2) is 6.07 Å². The molecule has 2 aliphatic heterocycles. The first-order valence-corrected chi connectivity index (χ1v) is 8.96. The van der Waals surface area contributed by atoms with E-state index in [-0.39, 0.29) is 16.4 Å². The maximum atomic E-state index is 6.06. The standard InChI is InChI=1S/C19H31N3O2/c1-17(2,3)14-11-15(21-16(20-14)18(4,5)6)22-8-10-24-19(12-22)7-9-23-13-19/h11H,7-10,12-13H2,1-6H3. The highest BCUT2D eigenvalue weighted by Gasteiger charge is 2.41. The van der Waals surface area contributed by atoms with Gasteiger partial charge < -0.3 is 14.4 Å². The molecule has 0 aromatic carbocycles. The Kier molecular flexibility index (Phi) is 4.37. The largest absolute Gasteiger partial charge is 0.378 e. The smallest absolute Gasteiger partial charge is 0.136 e. The molecular formula is C19H31N3O2. The zero-order valence-corrected chi connectivity index (χ0v) is 16.0. The van der Waals surface area contributed by atoms with E-state index in [9.17, 15) is 0 Å². The van der Waals surface area contributed by atoms with Crippen LogP contribution in [-0.2, 0) is 20.3 Å². The first kappa shape index (κ1) is 17.6. The van der Waals surface area contributed by atoms with Crippen LogP contribution in [0.2, 0.25) is 0 Å². The van der Waals surface area contributed by atoms with Gasteiger partial charge in [-0.05, 0) is 0 Å². The van der Waals surface area contributed by atoms with Crippen molar-refractivity contribution >= 4 is 5.82 Å². The predicted molar refractivity (Wildman–Crippen MR) is 95.8 cm³/mol.